The lowest BCUT2D eigenvalue weighted by atomic mass is 10.1. The average molecular weight is 369 g/mol. The molecule has 1 aromatic carbocycles. The molecular weight excluding hydrogens is 346 g/mol. The van der Waals surface area contributed by atoms with Gasteiger partial charge in [0.1, 0.15) is 17.3 Å². The third-order valence-corrected chi connectivity index (χ3v) is 4.07. The molecule has 1 saturated heterocycles. The van der Waals surface area contributed by atoms with Crippen LogP contribution in [0.25, 0.3) is 11.3 Å². The first-order valence-corrected chi connectivity index (χ1v) is 8.66. The van der Waals surface area contributed by atoms with E-state index in [-0.39, 0.29) is 0 Å². The number of nitrogens with zero attached hydrogens (tertiary/aromatic N) is 4. The number of hydrogen-bond acceptors (Lipinski definition) is 6. The van der Waals surface area contributed by atoms with Gasteiger partial charge in [-0.2, -0.15) is 4.99 Å². The summed E-state index contributed by atoms with van der Waals surface area (Å²) in [6, 6.07) is 9.43. The van der Waals surface area contributed by atoms with E-state index in [4.69, 9.17) is 14.0 Å². The number of guanidine groups is 1. The second-order valence-electron chi connectivity index (χ2n) is 5.74. The van der Waals surface area contributed by atoms with E-state index in [0.29, 0.717) is 36.6 Å². The van der Waals surface area contributed by atoms with Gasteiger partial charge in [-0.25, -0.2) is 4.99 Å². The normalized spacial score (nSPS) is 15.6. The average Bonchev–Trinajstić information content (AvgIpc) is 3.20. The van der Waals surface area contributed by atoms with Crippen molar-refractivity contribution in [1.29, 1.82) is 0 Å². The van der Waals surface area contributed by atoms with Crippen molar-refractivity contribution in [1.82, 2.24) is 10.1 Å². The summed E-state index contributed by atoms with van der Waals surface area (Å²) in [5.74, 6) is 2.33. The third kappa shape index (κ3) is 4.53. The van der Waals surface area contributed by atoms with Crippen molar-refractivity contribution in [2.24, 2.45) is 9.98 Å². The Morgan fingerprint density at radius 2 is 2.11 bits per heavy atom. The number of morpholine rings is 1. The van der Waals surface area contributed by atoms with Crippen molar-refractivity contribution in [3.05, 3.63) is 42.2 Å². The maximum atomic E-state index is 5.40. The highest BCUT2D eigenvalue weighted by Gasteiger charge is 2.15. The fourth-order valence-electron chi connectivity index (χ4n) is 2.69. The predicted octanol–water partition coefficient (Wildman–Crippen LogP) is 3.01. The molecule has 1 aliphatic heterocycles. The van der Waals surface area contributed by atoms with Crippen molar-refractivity contribution in [3.63, 3.8) is 0 Å². The van der Waals surface area contributed by atoms with Crippen molar-refractivity contribution in [3.8, 4) is 17.0 Å². The zero-order chi connectivity index (χ0) is 19.1. The number of aliphatic imine (C=N–C) groups is 2. The summed E-state index contributed by atoms with van der Waals surface area (Å²) in [4.78, 5) is 10.6. The number of ether oxygens (including phenoxy) is 2. The van der Waals surface area contributed by atoms with Crippen LogP contribution < -0.4 is 10.1 Å². The number of hydrogen-bond donors (Lipinski definition) is 1. The van der Waals surface area contributed by atoms with Crippen LogP contribution in [0.2, 0.25) is 0 Å². The molecule has 142 valence electrons. The van der Waals surface area contributed by atoms with Crippen molar-refractivity contribution >= 4 is 18.6 Å². The van der Waals surface area contributed by atoms with Gasteiger partial charge in [0.15, 0.2) is 0 Å². The van der Waals surface area contributed by atoms with Gasteiger partial charge in [0.2, 0.25) is 11.8 Å². The number of aromatic nitrogens is 1. The van der Waals surface area contributed by atoms with Gasteiger partial charge in [-0.1, -0.05) is 17.3 Å². The van der Waals surface area contributed by atoms with Crippen LogP contribution in [-0.2, 0) is 4.74 Å². The molecule has 2 aromatic rings. The van der Waals surface area contributed by atoms with Crippen LogP contribution >= 0.6 is 0 Å². The lowest BCUT2D eigenvalue weighted by Crippen LogP contribution is -2.40. The Labute approximate surface area is 158 Å². The molecule has 0 aliphatic carbocycles. The number of para-hydroxylation sites is 1. The molecule has 0 amide bonds. The molecule has 1 aromatic heterocycles. The van der Waals surface area contributed by atoms with E-state index in [0.717, 1.165) is 24.4 Å². The van der Waals surface area contributed by atoms with Crippen molar-refractivity contribution in [2.45, 2.75) is 6.92 Å². The molecule has 0 unspecified atom stereocenters. The maximum Gasteiger partial charge on any atom is 0.230 e. The number of methoxy groups -OCH3 is 1. The van der Waals surface area contributed by atoms with Crippen LogP contribution in [0.3, 0.4) is 0 Å². The molecule has 8 heteroatoms. The van der Waals surface area contributed by atoms with Crippen LogP contribution in [0.1, 0.15) is 6.92 Å². The number of benzene rings is 1. The summed E-state index contributed by atoms with van der Waals surface area (Å²) in [5.41, 5.74) is 1.52. The van der Waals surface area contributed by atoms with E-state index < -0.39 is 0 Å². The van der Waals surface area contributed by atoms with E-state index in [1.54, 1.807) is 13.2 Å². The van der Waals surface area contributed by atoms with E-state index in [1.165, 1.54) is 0 Å². The van der Waals surface area contributed by atoms with E-state index in [2.05, 4.69) is 27.2 Å². The van der Waals surface area contributed by atoms with Crippen LogP contribution in [0.5, 0.6) is 5.75 Å². The van der Waals surface area contributed by atoms with E-state index in [9.17, 15) is 0 Å². The zero-order valence-electron chi connectivity index (χ0n) is 15.5. The number of anilines is 1. The van der Waals surface area contributed by atoms with Gasteiger partial charge >= 0.3 is 0 Å². The highest BCUT2D eigenvalue weighted by molar-refractivity contribution is 5.85. The minimum Gasteiger partial charge on any atom is -0.496 e. The van der Waals surface area contributed by atoms with E-state index >= 15 is 0 Å². The number of rotatable bonds is 5. The molecular formula is C19H23N5O3. The first kappa shape index (κ1) is 18.7. The first-order chi connectivity index (χ1) is 13.2. The molecule has 2 heterocycles. The van der Waals surface area contributed by atoms with Gasteiger partial charge in [-0.15, -0.1) is 0 Å². The highest BCUT2D eigenvalue weighted by Crippen LogP contribution is 2.30. The standard InChI is InChI=1S/C19H23N5O3/c1-4-17(22-19(20-2)24-9-11-26-12-10-24)21-18-13-15(23-27-18)14-7-5-6-8-16(14)25-3/h4-8,13,21H,2,9-12H2,1,3H3/b17-4-,22-19?. The Morgan fingerprint density at radius 1 is 1.33 bits per heavy atom. The SMILES string of the molecule is C=NC(=N/C(=C\C)Nc1cc(-c2ccccc2OC)no1)N1CCOCC1. The quantitative estimate of drug-likeness (QED) is 0.644. The molecule has 0 atom stereocenters. The summed E-state index contributed by atoms with van der Waals surface area (Å²) in [6.45, 7) is 8.27. The minimum atomic E-state index is 0.471. The molecule has 0 saturated carbocycles. The molecule has 1 aliphatic rings. The fourth-order valence-corrected chi connectivity index (χ4v) is 2.69. The number of allylic oxidation sites excluding steroid dienone is 1. The lowest BCUT2D eigenvalue weighted by molar-refractivity contribution is 0.0676. The van der Waals surface area contributed by atoms with Crippen LogP contribution in [0, 0.1) is 0 Å². The molecule has 0 spiro atoms. The molecule has 3 rings (SSSR count). The van der Waals surface area contributed by atoms with Gasteiger partial charge in [0, 0.05) is 24.7 Å². The van der Waals surface area contributed by atoms with Crippen molar-refractivity contribution < 1.29 is 14.0 Å². The molecule has 1 fully saturated rings. The summed E-state index contributed by atoms with van der Waals surface area (Å²) in [5, 5.41) is 7.23. The van der Waals surface area contributed by atoms with Crippen LogP contribution in [0.4, 0.5) is 5.88 Å². The first-order valence-electron chi connectivity index (χ1n) is 8.66. The summed E-state index contributed by atoms with van der Waals surface area (Å²) < 4.78 is 16.1. The van der Waals surface area contributed by atoms with Crippen LogP contribution in [0.15, 0.2) is 56.7 Å². The summed E-state index contributed by atoms with van der Waals surface area (Å²) in [6.07, 6.45) is 1.83. The Morgan fingerprint density at radius 3 is 2.81 bits per heavy atom. The number of nitrogens with one attached hydrogen (secondary N) is 1. The second-order valence-corrected chi connectivity index (χ2v) is 5.74. The van der Waals surface area contributed by atoms with Gasteiger partial charge in [-0.3, -0.25) is 0 Å². The zero-order valence-corrected chi connectivity index (χ0v) is 15.5. The topological polar surface area (TPSA) is 84.5 Å². The molecule has 0 radical (unpaired) electrons. The molecule has 8 nitrogen and oxygen atoms in total. The maximum absolute atomic E-state index is 5.40. The predicted molar refractivity (Wildman–Crippen MR) is 105 cm³/mol. The van der Waals surface area contributed by atoms with Gasteiger partial charge in [0.25, 0.3) is 0 Å². The van der Waals surface area contributed by atoms with Gasteiger partial charge < -0.3 is 24.2 Å². The second kappa shape index (κ2) is 9.00. The third-order valence-electron chi connectivity index (χ3n) is 4.07. The lowest BCUT2D eigenvalue weighted by Gasteiger charge is -2.27. The molecule has 1 N–H and O–H groups in total. The molecule has 27 heavy (non-hydrogen) atoms. The smallest absolute Gasteiger partial charge is 0.230 e. The monoisotopic (exact) mass is 369 g/mol. The highest BCUT2D eigenvalue weighted by atomic mass is 16.5. The van der Waals surface area contributed by atoms with Crippen molar-refractivity contribution in [2.75, 3.05) is 38.7 Å². The van der Waals surface area contributed by atoms with Crippen LogP contribution in [-0.4, -0.2) is 56.1 Å². The summed E-state index contributed by atoms with van der Waals surface area (Å²) >= 11 is 0. The largest absolute Gasteiger partial charge is 0.496 e. The minimum absolute atomic E-state index is 0.471. The van der Waals surface area contributed by atoms with Gasteiger partial charge in [-0.05, 0) is 31.9 Å². The van der Waals surface area contributed by atoms with Gasteiger partial charge in [0.05, 0.1) is 20.3 Å². The Balaban J connectivity index is 1.76. The Kier molecular flexibility index (Phi) is 6.22. The molecule has 0 bridgehead atoms. The Bertz CT molecular complexity index is 837. The fraction of sp³-hybridized carbons (Fsp3) is 0.316. The Hall–Kier alpha value is -3.13. The summed E-state index contributed by atoms with van der Waals surface area (Å²) in [7, 11) is 1.63. The van der Waals surface area contributed by atoms with E-state index in [1.807, 2.05) is 42.2 Å².